The van der Waals surface area contributed by atoms with Crippen molar-refractivity contribution in [3.63, 3.8) is 0 Å². The van der Waals surface area contributed by atoms with Gasteiger partial charge in [0.25, 0.3) is 0 Å². The molecule has 3 N–H and O–H groups in total. The van der Waals surface area contributed by atoms with Gasteiger partial charge in [-0.15, -0.1) is 0 Å². The number of hydrogen-bond donors (Lipinski definition) is 3. The summed E-state index contributed by atoms with van der Waals surface area (Å²) in [6.45, 7) is 0.0281. The summed E-state index contributed by atoms with van der Waals surface area (Å²) in [5, 5.41) is 2.66. The van der Waals surface area contributed by atoms with E-state index in [1.54, 1.807) is 18.2 Å². The molecule has 0 unspecified atom stereocenters. The van der Waals surface area contributed by atoms with E-state index in [1.165, 1.54) is 18.2 Å². The maximum Gasteiger partial charge on any atom is 0.417 e. The second-order valence-corrected chi connectivity index (χ2v) is 7.70. The first-order chi connectivity index (χ1) is 13.4. The van der Waals surface area contributed by atoms with Gasteiger partial charge in [-0.1, -0.05) is 0 Å². The van der Waals surface area contributed by atoms with E-state index in [9.17, 15) is 18.0 Å². The van der Waals surface area contributed by atoms with Crippen molar-refractivity contribution in [1.29, 1.82) is 0 Å². The molecule has 0 saturated heterocycles. The van der Waals surface area contributed by atoms with Crippen molar-refractivity contribution >= 4 is 32.7 Å². The number of oxazole rings is 1. The molecule has 0 radical (unpaired) electrons. The van der Waals surface area contributed by atoms with Crippen LogP contribution in [0, 0.1) is 0 Å². The highest BCUT2D eigenvalue weighted by molar-refractivity contribution is 7.89. The molecule has 1 amide bonds. The Morgan fingerprint density at radius 2 is 1.93 bits per heavy atom. The molecule has 1 aliphatic heterocycles. The third-order valence-electron chi connectivity index (χ3n) is 4.00. The van der Waals surface area contributed by atoms with Crippen molar-refractivity contribution in [2.24, 2.45) is 0 Å². The first-order valence-corrected chi connectivity index (χ1v) is 9.71. The Balaban J connectivity index is 1.35. The van der Waals surface area contributed by atoms with Gasteiger partial charge in [-0.3, -0.25) is 9.78 Å². The highest BCUT2D eigenvalue weighted by atomic mass is 32.2. The second-order valence-electron chi connectivity index (χ2n) is 5.94. The Bertz CT molecular complexity index is 1210. The van der Waals surface area contributed by atoms with Crippen LogP contribution < -0.4 is 25.3 Å². The van der Waals surface area contributed by atoms with Crippen LogP contribution in [-0.2, 0) is 14.8 Å². The van der Waals surface area contributed by atoms with E-state index in [2.05, 4.69) is 15.0 Å². The Morgan fingerprint density at radius 1 is 1.11 bits per heavy atom. The van der Waals surface area contributed by atoms with E-state index in [-0.39, 0.29) is 36.1 Å². The molecule has 0 bridgehead atoms. The average Bonchev–Trinajstić information content (AvgIpc) is 3.25. The summed E-state index contributed by atoms with van der Waals surface area (Å²) in [4.78, 5) is 25.6. The van der Waals surface area contributed by atoms with E-state index >= 15 is 0 Å². The van der Waals surface area contributed by atoms with Crippen molar-refractivity contribution in [1.82, 2.24) is 9.71 Å². The molecule has 0 aliphatic carbocycles. The van der Waals surface area contributed by atoms with Crippen molar-refractivity contribution < 1.29 is 27.1 Å². The number of amides is 1. The van der Waals surface area contributed by atoms with Gasteiger partial charge < -0.3 is 19.2 Å². The predicted molar refractivity (Wildman–Crippen MR) is 97.8 cm³/mol. The van der Waals surface area contributed by atoms with Crippen LogP contribution in [0.4, 0.5) is 5.69 Å². The monoisotopic (exact) mass is 405 g/mol. The van der Waals surface area contributed by atoms with Gasteiger partial charge in [0, 0.05) is 30.8 Å². The zero-order valence-corrected chi connectivity index (χ0v) is 15.2. The lowest BCUT2D eigenvalue weighted by molar-refractivity contribution is -0.116. The van der Waals surface area contributed by atoms with Gasteiger partial charge >= 0.3 is 5.76 Å². The molecule has 0 spiro atoms. The maximum atomic E-state index is 12.3. The minimum atomic E-state index is -3.86. The van der Waals surface area contributed by atoms with Gasteiger partial charge in [0.15, 0.2) is 17.1 Å². The molecule has 2 aromatic carbocycles. The fourth-order valence-corrected chi connectivity index (χ4v) is 3.72. The topological polar surface area (TPSA) is 140 Å². The maximum absolute atomic E-state index is 12.3. The highest BCUT2D eigenvalue weighted by Gasteiger charge is 2.17. The van der Waals surface area contributed by atoms with Crippen molar-refractivity contribution in [3.8, 4) is 11.5 Å². The number of carbonyl (C=O) groups is 1. The van der Waals surface area contributed by atoms with Crippen LogP contribution in [-0.4, -0.2) is 32.6 Å². The quantitative estimate of drug-likeness (QED) is 0.559. The molecule has 0 fully saturated rings. The third-order valence-corrected chi connectivity index (χ3v) is 5.46. The molecule has 28 heavy (non-hydrogen) atoms. The van der Waals surface area contributed by atoms with E-state index in [0.29, 0.717) is 22.7 Å². The fourth-order valence-electron chi connectivity index (χ4n) is 2.67. The minimum absolute atomic E-state index is 0.0704. The summed E-state index contributed by atoms with van der Waals surface area (Å²) in [6.07, 6.45) is -0.0743. The normalized spacial score (nSPS) is 13.0. The summed E-state index contributed by atoms with van der Waals surface area (Å²) < 4.78 is 42.3. The first-order valence-electron chi connectivity index (χ1n) is 8.23. The zero-order chi connectivity index (χ0) is 19.7. The fraction of sp³-hybridized carbons (Fsp3) is 0.176. The summed E-state index contributed by atoms with van der Waals surface area (Å²) in [5.41, 5.74) is 1.05. The van der Waals surface area contributed by atoms with E-state index in [4.69, 9.17) is 13.9 Å². The summed E-state index contributed by atoms with van der Waals surface area (Å²) >= 11 is 0. The Hall–Kier alpha value is -3.31. The smallest absolute Gasteiger partial charge is 0.417 e. The number of benzene rings is 2. The number of aromatic nitrogens is 1. The molecular formula is C17H15N3O7S. The SMILES string of the molecule is O=C(CCNS(=O)(=O)c1ccc2[nH]c(=O)oc2c1)Nc1ccc2c(c1)OCO2. The largest absolute Gasteiger partial charge is 0.454 e. The number of rotatable bonds is 6. The van der Waals surface area contributed by atoms with Crippen LogP contribution in [0.3, 0.4) is 0 Å². The van der Waals surface area contributed by atoms with Crippen LogP contribution in [0.15, 0.2) is 50.5 Å². The molecule has 10 nitrogen and oxygen atoms in total. The van der Waals surface area contributed by atoms with Crippen molar-refractivity contribution in [2.45, 2.75) is 11.3 Å². The molecule has 2 heterocycles. The molecule has 11 heteroatoms. The molecule has 3 aromatic rings. The first kappa shape index (κ1) is 18.1. The number of hydrogen-bond acceptors (Lipinski definition) is 7. The average molecular weight is 405 g/mol. The molecule has 1 aromatic heterocycles. The van der Waals surface area contributed by atoms with Gasteiger partial charge in [-0.05, 0) is 24.3 Å². The lowest BCUT2D eigenvalue weighted by Gasteiger charge is -2.08. The van der Waals surface area contributed by atoms with Crippen LogP contribution in [0.2, 0.25) is 0 Å². The van der Waals surface area contributed by atoms with Gasteiger partial charge in [0.05, 0.1) is 10.4 Å². The van der Waals surface area contributed by atoms with Crippen LogP contribution in [0.5, 0.6) is 11.5 Å². The third kappa shape index (κ3) is 3.70. The van der Waals surface area contributed by atoms with Gasteiger partial charge in [-0.25, -0.2) is 17.9 Å². The Kier molecular flexibility index (Phi) is 4.53. The van der Waals surface area contributed by atoms with Gasteiger partial charge in [0.2, 0.25) is 22.7 Å². The van der Waals surface area contributed by atoms with Crippen molar-refractivity contribution in [2.75, 3.05) is 18.7 Å². The number of carbonyl (C=O) groups excluding carboxylic acids is 1. The lowest BCUT2D eigenvalue weighted by atomic mass is 10.2. The Labute approximate surface area is 158 Å². The van der Waals surface area contributed by atoms with Crippen molar-refractivity contribution in [3.05, 3.63) is 46.9 Å². The predicted octanol–water partition coefficient (Wildman–Crippen LogP) is 1.16. The summed E-state index contributed by atoms with van der Waals surface area (Å²) in [5.74, 6) is 0.0950. The number of anilines is 1. The number of sulfonamides is 1. The second kappa shape index (κ2) is 7.02. The van der Waals surface area contributed by atoms with E-state index < -0.39 is 15.8 Å². The molecule has 0 saturated carbocycles. The number of H-pyrrole nitrogens is 1. The highest BCUT2D eigenvalue weighted by Crippen LogP contribution is 2.34. The molecule has 4 rings (SSSR count). The minimum Gasteiger partial charge on any atom is -0.454 e. The lowest BCUT2D eigenvalue weighted by Crippen LogP contribution is -2.27. The van der Waals surface area contributed by atoms with Crippen LogP contribution >= 0.6 is 0 Å². The number of fused-ring (bicyclic) bond motifs is 2. The molecule has 1 aliphatic rings. The van der Waals surface area contributed by atoms with Crippen LogP contribution in [0.25, 0.3) is 11.1 Å². The Morgan fingerprint density at radius 3 is 2.79 bits per heavy atom. The molecule has 146 valence electrons. The standard InChI is InChI=1S/C17H15N3O7S/c21-16(19-10-1-4-13-15(7-10)26-9-25-13)5-6-18-28(23,24)11-2-3-12-14(8-11)27-17(22)20-12/h1-4,7-8,18H,5-6,9H2,(H,19,21)(H,20,22). The van der Waals surface area contributed by atoms with E-state index in [0.717, 1.165) is 0 Å². The molecule has 0 atom stereocenters. The zero-order valence-electron chi connectivity index (χ0n) is 14.4. The van der Waals surface area contributed by atoms with E-state index in [1.807, 2.05) is 0 Å². The van der Waals surface area contributed by atoms with Crippen LogP contribution in [0.1, 0.15) is 6.42 Å². The molecular weight excluding hydrogens is 390 g/mol. The number of aromatic amines is 1. The summed E-state index contributed by atoms with van der Waals surface area (Å²) in [6, 6.07) is 8.97. The summed E-state index contributed by atoms with van der Waals surface area (Å²) in [7, 11) is -3.86. The number of nitrogens with one attached hydrogen (secondary N) is 3. The number of ether oxygens (including phenoxy) is 2. The van der Waals surface area contributed by atoms with Gasteiger partial charge in [0.1, 0.15) is 0 Å². The van der Waals surface area contributed by atoms with Gasteiger partial charge in [-0.2, -0.15) is 0 Å².